The van der Waals surface area contributed by atoms with Gasteiger partial charge in [0.25, 0.3) is 11.8 Å². The van der Waals surface area contributed by atoms with E-state index < -0.39 is 0 Å². The first-order valence-electron chi connectivity index (χ1n) is 15.1. The molecule has 0 aliphatic carbocycles. The minimum atomic E-state index is -0.0191. The lowest BCUT2D eigenvalue weighted by molar-refractivity contribution is -0.124. The van der Waals surface area contributed by atoms with E-state index in [2.05, 4.69) is 45.7 Å². The number of hydrogen-bond donors (Lipinski definition) is 0. The molecule has 4 rings (SSSR count). The third-order valence-electron chi connectivity index (χ3n) is 7.77. The molecule has 2 aliphatic rings. The lowest BCUT2D eigenvalue weighted by Gasteiger charge is -2.24. The summed E-state index contributed by atoms with van der Waals surface area (Å²) in [4.78, 5) is 34.1. The lowest BCUT2D eigenvalue weighted by atomic mass is 10.1. The molecule has 2 aliphatic heterocycles. The predicted octanol–water partition coefficient (Wildman–Crippen LogP) is 10.6. The molecule has 0 N–H and O–H groups in total. The van der Waals surface area contributed by atoms with Crippen LogP contribution in [0.25, 0.3) is 11.4 Å². The van der Waals surface area contributed by atoms with Crippen LogP contribution < -0.4 is 0 Å². The van der Waals surface area contributed by atoms with Gasteiger partial charge >= 0.3 is 0 Å². The molecule has 0 aromatic carbocycles. The Morgan fingerprint density at radius 2 is 0.900 bits per heavy atom. The third-order valence-corrected chi connectivity index (χ3v) is 11.0. The molecule has 0 bridgehead atoms. The summed E-state index contributed by atoms with van der Waals surface area (Å²) in [7, 11) is 0. The van der Waals surface area contributed by atoms with Crippen LogP contribution in [0.3, 0.4) is 0 Å². The van der Waals surface area contributed by atoms with E-state index >= 15 is 0 Å². The fourth-order valence-electron chi connectivity index (χ4n) is 5.67. The molecule has 218 valence electrons. The topological polar surface area (TPSA) is 40.6 Å². The van der Waals surface area contributed by atoms with E-state index in [0.29, 0.717) is 24.2 Å². The van der Waals surface area contributed by atoms with Gasteiger partial charge in [0.1, 0.15) is 0 Å². The van der Waals surface area contributed by atoms with Gasteiger partial charge in [-0.3, -0.25) is 9.59 Å². The van der Waals surface area contributed by atoms with Crippen molar-refractivity contribution >= 4 is 77.7 Å². The molecule has 0 spiro atoms. The van der Waals surface area contributed by atoms with Gasteiger partial charge in [-0.2, -0.15) is 0 Å². The average molecular weight is 711 g/mol. The highest BCUT2D eigenvalue weighted by molar-refractivity contribution is 9.11. The molecule has 2 aromatic rings. The molecule has 4 heterocycles. The van der Waals surface area contributed by atoms with Gasteiger partial charge in [-0.15, -0.1) is 22.7 Å². The number of rotatable bonds is 18. The fraction of sp³-hybridized carbons (Fsp3) is 0.562. The van der Waals surface area contributed by atoms with Crippen molar-refractivity contribution in [1.29, 1.82) is 0 Å². The first-order chi connectivity index (χ1) is 19.5. The summed E-state index contributed by atoms with van der Waals surface area (Å²) in [5.41, 5.74) is 2.82. The van der Waals surface area contributed by atoms with Gasteiger partial charge in [0.05, 0.1) is 39.9 Å². The minimum absolute atomic E-state index is 0.0178. The maximum atomic E-state index is 14.2. The lowest BCUT2D eigenvalue weighted by Crippen LogP contribution is -2.30. The largest absolute Gasteiger partial charge is 0.306 e. The van der Waals surface area contributed by atoms with E-state index in [9.17, 15) is 9.59 Å². The normalized spacial score (nSPS) is 15.4. The first-order valence-corrected chi connectivity index (χ1v) is 18.3. The smallest absolute Gasteiger partial charge is 0.261 e. The van der Waals surface area contributed by atoms with Gasteiger partial charge in [0, 0.05) is 13.1 Å². The quantitative estimate of drug-likeness (QED) is 0.145. The summed E-state index contributed by atoms with van der Waals surface area (Å²) in [5, 5.41) is 0. The van der Waals surface area contributed by atoms with Crippen LogP contribution in [0.4, 0.5) is 0 Å². The van der Waals surface area contributed by atoms with Gasteiger partial charge in [-0.05, 0) is 69.0 Å². The number of hydrogen-bond acceptors (Lipinski definition) is 4. The van der Waals surface area contributed by atoms with E-state index in [1.54, 1.807) is 22.7 Å². The summed E-state index contributed by atoms with van der Waals surface area (Å²) in [5.74, 6) is -0.0369. The molecule has 8 heteroatoms. The zero-order valence-corrected chi connectivity index (χ0v) is 28.7. The third kappa shape index (κ3) is 7.59. The first kappa shape index (κ1) is 31.7. The standard InChI is InChI=1S/C32H42Br2N2O2S2/c1-3-5-7-9-11-12-14-16-22-36-30(24-18-20-26(34)40-24)28-27(32(36)38)29(23-17-19-25(33)39-23)35(31(28)37)21-15-13-10-8-6-4-2/h17-20H,3-16,21-22H2,1-2H3. The maximum absolute atomic E-state index is 14.2. The van der Waals surface area contributed by atoms with E-state index in [4.69, 9.17) is 0 Å². The van der Waals surface area contributed by atoms with Crippen LogP contribution in [0.2, 0.25) is 0 Å². The van der Waals surface area contributed by atoms with Crippen molar-refractivity contribution in [1.82, 2.24) is 9.80 Å². The number of carbonyl (C=O) groups is 2. The molecule has 0 unspecified atom stereocenters. The van der Waals surface area contributed by atoms with Crippen LogP contribution in [0.5, 0.6) is 0 Å². The Balaban J connectivity index is 1.59. The van der Waals surface area contributed by atoms with Gasteiger partial charge in [0.2, 0.25) is 0 Å². The maximum Gasteiger partial charge on any atom is 0.261 e. The highest BCUT2D eigenvalue weighted by Gasteiger charge is 2.49. The number of unbranched alkanes of at least 4 members (excludes halogenated alkanes) is 12. The van der Waals surface area contributed by atoms with Gasteiger partial charge in [-0.1, -0.05) is 90.9 Å². The molecular formula is C32H42Br2N2O2S2. The van der Waals surface area contributed by atoms with Crippen LogP contribution in [0, 0.1) is 0 Å². The Hall–Kier alpha value is -1.22. The molecule has 0 atom stereocenters. The average Bonchev–Trinajstić information content (AvgIpc) is 3.69. The second-order valence-electron chi connectivity index (χ2n) is 10.8. The van der Waals surface area contributed by atoms with Crippen molar-refractivity contribution in [3.63, 3.8) is 0 Å². The van der Waals surface area contributed by atoms with Crippen molar-refractivity contribution in [3.8, 4) is 0 Å². The Morgan fingerprint density at radius 1 is 0.550 bits per heavy atom. The van der Waals surface area contributed by atoms with Crippen LogP contribution in [-0.2, 0) is 9.59 Å². The Bertz CT molecular complexity index is 1230. The van der Waals surface area contributed by atoms with Crippen LogP contribution >= 0.6 is 54.5 Å². The number of halogens is 2. The van der Waals surface area contributed by atoms with Crippen molar-refractivity contribution in [2.45, 2.75) is 104 Å². The highest BCUT2D eigenvalue weighted by atomic mass is 79.9. The summed E-state index contributed by atoms with van der Waals surface area (Å²) in [6.07, 6.45) is 16.7. The molecular weight excluding hydrogens is 668 g/mol. The van der Waals surface area contributed by atoms with E-state index in [0.717, 1.165) is 54.4 Å². The molecule has 0 radical (unpaired) electrons. The number of amides is 2. The summed E-state index contributed by atoms with van der Waals surface area (Å²) in [6.45, 7) is 5.77. The Labute approximate surface area is 265 Å². The van der Waals surface area contributed by atoms with Gasteiger partial charge in [-0.25, -0.2) is 0 Å². The van der Waals surface area contributed by atoms with E-state index in [1.165, 1.54) is 64.2 Å². The number of carbonyl (C=O) groups excluding carboxylic acids is 2. The van der Waals surface area contributed by atoms with Crippen LogP contribution in [-0.4, -0.2) is 34.7 Å². The molecule has 0 fully saturated rings. The fourth-order valence-corrected chi connectivity index (χ4v) is 8.57. The molecule has 40 heavy (non-hydrogen) atoms. The molecule has 4 nitrogen and oxygen atoms in total. The zero-order valence-electron chi connectivity index (χ0n) is 23.9. The summed E-state index contributed by atoms with van der Waals surface area (Å²) < 4.78 is 2.01. The number of nitrogens with zero attached hydrogens (tertiary/aromatic N) is 2. The molecule has 0 saturated carbocycles. The zero-order chi connectivity index (χ0) is 28.5. The molecule has 0 saturated heterocycles. The van der Waals surface area contributed by atoms with Crippen LogP contribution in [0.1, 0.15) is 113 Å². The summed E-state index contributed by atoms with van der Waals surface area (Å²) in [6, 6.07) is 8.10. The Morgan fingerprint density at radius 3 is 1.23 bits per heavy atom. The van der Waals surface area contributed by atoms with Crippen molar-refractivity contribution in [2.24, 2.45) is 0 Å². The second-order valence-corrected chi connectivity index (χ2v) is 15.7. The summed E-state index contributed by atoms with van der Waals surface area (Å²) >= 11 is 10.4. The molecule has 2 aromatic heterocycles. The molecule has 2 amide bonds. The van der Waals surface area contributed by atoms with E-state index in [1.807, 2.05) is 34.1 Å². The predicted molar refractivity (Wildman–Crippen MR) is 177 cm³/mol. The van der Waals surface area contributed by atoms with Gasteiger partial charge < -0.3 is 9.80 Å². The van der Waals surface area contributed by atoms with Crippen LogP contribution in [0.15, 0.2) is 43.0 Å². The SMILES string of the molecule is CCCCCCCCCCN1C(=O)C2=C(c3ccc(Br)s3)N(CCCCCCCC)C(=O)C2=C1c1ccc(Br)s1. The highest BCUT2D eigenvalue weighted by Crippen LogP contribution is 2.49. The van der Waals surface area contributed by atoms with E-state index in [-0.39, 0.29) is 11.8 Å². The Kier molecular flexibility index (Phi) is 12.6. The van der Waals surface area contributed by atoms with Gasteiger partial charge in [0.15, 0.2) is 0 Å². The van der Waals surface area contributed by atoms with Crippen molar-refractivity contribution in [3.05, 3.63) is 52.7 Å². The van der Waals surface area contributed by atoms with Crippen molar-refractivity contribution < 1.29 is 9.59 Å². The number of fused-ring (bicyclic) bond motifs is 1. The minimum Gasteiger partial charge on any atom is -0.306 e. The monoisotopic (exact) mass is 708 g/mol. The number of thiophene rings is 2. The second kappa shape index (κ2) is 15.9. The van der Waals surface area contributed by atoms with Crippen molar-refractivity contribution in [2.75, 3.05) is 13.1 Å².